The molecule has 2 aliphatic rings. The number of amides is 1. The molecule has 2 unspecified atom stereocenters. The molecule has 27 heavy (non-hydrogen) atoms. The van der Waals surface area contributed by atoms with Crippen molar-refractivity contribution in [1.82, 2.24) is 21.1 Å². The molecule has 3 N–H and O–H groups in total. The van der Waals surface area contributed by atoms with Crippen molar-refractivity contribution in [2.45, 2.75) is 31.5 Å². The van der Waals surface area contributed by atoms with Crippen LogP contribution in [0.15, 0.2) is 48.5 Å². The van der Waals surface area contributed by atoms with Crippen molar-refractivity contribution in [3.8, 4) is 0 Å². The predicted octanol–water partition coefficient (Wildman–Crippen LogP) is 1.91. The Morgan fingerprint density at radius 2 is 1.89 bits per heavy atom. The van der Waals surface area contributed by atoms with Crippen molar-refractivity contribution in [2.75, 3.05) is 19.6 Å². The van der Waals surface area contributed by atoms with E-state index in [9.17, 15) is 9.18 Å². The molecule has 0 bridgehead atoms. The minimum Gasteiger partial charge on any atom is -0.353 e. The van der Waals surface area contributed by atoms with Gasteiger partial charge in [0.25, 0.3) is 0 Å². The van der Waals surface area contributed by atoms with Crippen LogP contribution in [0.3, 0.4) is 0 Å². The molecule has 2 aromatic carbocycles. The van der Waals surface area contributed by atoms with Crippen molar-refractivity contribution in [3.63, 3.8) is 0 Å². The highest BCUT2D eigenvalue weighted by atomic mass is 19.1. The van der Waals surface area contributed by atoms with E-state index in [4.69, 9.17) is 0 Å². The van der Waals surface area contributed by atoms with E-state index in [0.717, 1.165) is 26.1 Å². The number of carbonyl (C=O) groups excluding carboxylic acids is 1. The second-order valence-corrected chi connectivity index (χ2v) is 7.24. The van der Waals surface area contributed by atoms with E-state index in [2.05, 4.69) is 45.3 Å². The molecule has 2 atom stereocenters. The standard InChI is InChI=1S/C21H25FN4O/c22-18-8-4-3-7-17(18)19-13-20(25-24-19)21(27)23-10-12-26-11-9-15-5-1-2-6-16(15)14-26/h1-8,19-20,24-25H,9-14H2,(H,23,27). The Kier molecular flexibility index (Phi) is 5.48. The number of hydrogen-bond acceptors (Lipinski definition) is 4. The molecule has 4 rings (SSSR count). The molecule has 1 fully saturated rings. The van der Waals surface area contributed by atoms with Gasteiger partial charge in [-0.25, -0.2) is 15.2 Å². The normalized spacial score (nSPS) is 22.4. The lowest BCUT2D eigenvalue weighted by atomic mass is 10.00. The molecule has 2 aliphatic heterocycles. The number of hydrogen-bond donors (Lipinski definition) is 3. The highest BCUT2D eigenvalue weighted by Gasteiger charge is 2.31. The minimum absolute atomic E-state index is 0.0428. The number of benzene rings is 2. The van der Waals surface area contributed by atoms with Crippen LogP contribution < -0.4 is 16.2 Å². The number of nitrogens with one attached hydrogen (secondary N) is 3. The first-order valence-electron chi connectivity index (χ1n) is 9.53. The highest BCUT2D eigenvalue weighted by Crippen LogP contribution is 2.24. The van der Waals surface area contributed by atoms with Crippen LogP contribution in [0.5, 0.6) is 0 Å². The second-order valence-electron chi connectivity index (χ2n) is 7.24. The van der Waals surface area contributed by atoms with Gasteiger partial charge in [-0.05, 0) is 30.0 Å². The van der Waals surface area contributed by atoms with E-state index >= 15 is 0 Å². The van der Waals surface area contributed by atoms with E-state index in [1.165, 1.54) is 17.2 Å². The largest absolute Gasteiger partial charge is 0.353 e. The fourth-order valence-electron chi connectivity index (χ4n) is 3.90. The molecule has 0 saturated carbocycles. The van der Waals surface area contributed by atoms with Crippen LogP contribution in [0.4, 0.5) is 4.39 Å². The predicted molar refractivity (Wildman–Crippen MR) is 102 cm³/mol. The summed E-state index contributed by atoms with van der Waals surface area (Å²) in [5, 5.41) is 3.01. The Bertz CT molecular complexity index is 812. The first kappa shape index (κ1) is 18.1. The van der Waals surface area contributed by atoms with Gasteiger partial charge in [-0.3, -0.25) is 9.69 Å². The molecular formula is C21H25FN4O. The Balaban J connectivity index is 1.23. The third kappa shape index (κ3) is 4.18. The van der Waals surface area contributed by atoms with Gasteiger partial charge in [0.1, 0.15) is 11.9 Å². The zero-order valence-electron chi connectivity index (χ0n) is 15.2. The lowest BCUT2D eigenvalue weighted by Crippen LogP contribution is -2.45. The number of nitrogens with zero attached hydrogens (tertiary/aromatic N) is 1. The maximum Gasteiger partial charge on any atom is 0.238 e. The summed E-state index contributed by atoms with van der Waals surface area (Å²) in [7, 11) is 0. The summed E-state index contributed by atoms with van der Waals surface area (Å²) in [6, 6.07) is 14.7. The van der Waals surface area contributed by atoms with Crippen molar-refractivity contribution in [2.24, 2.45) is 0 Å². The molecule has 142 valence electrons. The van der Waals surface area contributed by atoms with Gasteiger partial charge in [0, 0.05) is 31.7 Å². The monoisotopic (exact) mass is 368 g/mol. The molecule has 0 radical (unpaired) electrons. The van der Waals surface area contributed by atoms with Crippen molar-refractivity contribution < 1.29 is 9.18 Å². The van der Waals surface area contributed by atoms with Crippen molar-refractivity contribution in [3.05, 3.63) is 71.0 Å². The van der Waals surface area contributed by atoms with Gasteiger partial charge >= 0.3 is 0 Å². The van der Waals surface area contributed by atoms with E-state index in [1.807, 2.05) is 6.07 Å². The first-order valence-corrected chi connectivity index (χ1v) is 9.53. The topological polar surface area (TPSA) is 56.4 Å². The fraction of sp³-hybridized carbons (Fsp3) is 0.381. The van der Waals surface area contributed by atoms with Gasteiger partial charge < -0.3 is 5.32 Å². The molecule has 1 amide bonds. The molecule has 2 aromatic rings. The van der Waals surface area contributed by atoms with Crippen LogP contribution in [-0.4, -0.2) is 36.5 Å². The maximum atomic E-state index is 13.9. The van der Waals surface area contributed by atoms with Gasteiger partial charge in [-0.1, -0.05) is 42.5 Å². The summed E-state index contributed by atoms with van der Waals surface area (Å²) in [5.41, 5.74) is 9.42. The van der Waals surface area contributed by atoms with Crippen LogP contribution >= 0.6 is 0 Å². The van der Waals surface area contributed by atoms with Gasteiger partial charge in [-0.2, -0.15) is 0 Å². The molecular weight excluding hydrogens is 343 g/mol. The number of halogens is 1. The fourth-order valence-corrected chi connectivity index (χ4v) is 3.90. The summed E-state index contributed by atoms with van der Waals surface area (Å²) >= 11 is 0. The number of fused-ring (bicyclic) bond motifs is 1. The van der Waals surface area contributed by atoms with Crippen LogP contribution in [0.2, 0.25) is 0 Å². The van der Waals surface area contributed by atoms with Crippen LogP contribution in [0.25, 0.3) is 0 Å². The molecule has 5 nitrogen and oxygen atoms in total. The Labute approximate surface area is 158 Å². The third-order valence-corrected chi connectivity index (χ3v) is 5.44. The van der Waals surface area contributed by atoms with E-state index in [-0.39, 0.29) is 23.8 Å². The smallest absolute Gasteiger partial charge is 0.238 e. The summed E-state index contributed by atoms with van der Waals surface area (Å²) in [5.74, 6) is -0.290. The third-order valence-electron chi connectivity index (χ3n) is 5.44. The summed E-state index contributed by atoms with van der Waals surface area (Å²) in [6.45, 7) is 3.40. The Morgan fingerprint density at radius 1 is 1.11 bits per heavy atom. The minimum atomic E-state index is -0.350. The number of carbonyl (C=O) groups is 1. The SMILES string of the molecule is O=C(NCCN1CCc2ccccc2C1)C1CC(c2ccccc2F)NN1. The number of rotatable bonds is 5. The van der Waals surface area contributed by atoms with Gasteiger partial charge in [0.2, 0.25) is 5.91 Å². The van der Waals surface area contributed by atoms with Gasteiger partial charge in [0.05, 0.1) is 6.04 Å². The van der Waals surface area contributed by atoms with Gasteiger partial charge in [-0.15, -0.1) is 0 Å². The molecule has 0 spiro atoms. The van der Waals surface area contributed by atoms with Crippen LogP contribution in [-0.2, 0) is 17.8 Å². The van der Waals surface area contributed by atoms with Crippen LogP contribution in [0, 0.1) is 5.82 Å². The average molecular weight is 368 g/mol. The summed E-state index contributed by atoms with van der Waals surface area (Å²) in [4.78, 5) is 14.8. The molecule has 6 heteroatoms. The Hall–Kier alpha value is -2.28. The molecule has 1 saturated heterocycles. The number of hydrazine groups is 1. The summed E-state index contributed by atoms with van der Waals surface area (Å²) < 4.78 is 13.9. The van der Waals surface area contributed by atoms with E-state index < -0.39 is 0 Å². The zero-order chi connectivity index (χ0) is 18.6. The highest BCUT2D eigenvalue weighted by molar-refractivity contribution is 5.82. The van der Waals surface area contributed by atoms with E-state index in [1.54, 1.807) is 12.1 Å². The maximum absolute atomic E-state index is 13.9. The van der Waals surface area contributed by atoms with Gasteiger partial charge in [0.15, 0.2) is 0 Å². The second kappa shape index (κ2) is 8.17. The molecule has 2 heterocycles. The molecule has 0 aliphatic carbocycles. The van der Waals surface area contributed by atoms with E-state index in [0.29, 0.717) is 18.5 Å². The first-order chi connectivity index (χ1) is 13.2. The van der Waals surface area contributed by atoms with Crippen molar-refractivity contribution >= 4 is 5.91 Å². The quantitative estimate of drug-likeness (QED) is 0.755. The summed E-state index contributed by atoms with van der Waals surface area (Å²) in [6.07, 6.45) is 1.59. The lowest BCUT2D eigenvalue weighted by Gasteiger charge is -2.28. The Morgan fingerprint density at radius 3 is 2.74 bits per heavy atom. The lowest BCUT2D eigenvalue weighted by molar-refractivity contribution is -0.122. The average Bonchev–Trinajstić information content (AvgIpc) is 3.18. The zero-order valence-corrected chi connectivity index (χ0v) is 15.2. The van der Waals surface area contributed by atoms with Crippen LogP contribution in [0.1, 0.15) is 29.2 Å². The van der Waals surface area contributed by atoms with Crippen molar-refractivity contribution in [1.29, 1.82) is 0 Å². The molecule has 0 aromatic heterocycles.